The van der Waals surface area contributed by atoms with E-state index in [0.717, 1.165) is 6.33 Å². The van der Waals surface area contributed by atoms with Crippen LogP contribution in [-0.4, -0.2) is 14.9 Å². The van der Waals surface area contributed by atoms with E-state index in [4.69, 9.17) is 4.74 Å². The molecule has 1 N–H and O–H groups in total. The number of aromatic nitrogens is 2. The van der Waals surface area contributed by atoms with Crippen molar-refractivity contribution >= 4 is 21.6 Å². The van der Waals surface area contributed by atoms with Crippen molar-refractivity contribution in [3.8, 4) is 11.6 Å². The number of halogens is 1. The summed E-state index contributed by atoms with van der Waals surface area (Å²) in [6.45, 7) is 1.67. The second-order valence-electron chi connectivity index (χ2n) is 3.63. The number of aromatic amines is 1. The molecule has 1 aromatic heterocycles. The lowest BCUT2D eigenvalue weighted by molar-refractivity contribution is -0.385. The zero-order valence-electron chi connectivity index (χ0n) is 9.71. The highest BCUT2D eigenvalue weighted by Gasteiger charge is 2.19. The molecule has 0 aliphatic carbocycles. The molecule has 7 nitrogen and oxygen atoms in total. The van der Waals surface area contributed by atoms with Crippen LogP contribution in [0.15, 0.2) is 33.8 Å². The minimum Gasteiger partial charge on any atom is -0.430 e. The molecule has 1 heterocycles. The molecular weight excluding hydrogens is 318 g/mol. The van der Waals surface area contributed by atoms with Crippen molar-refractivity contribution in [3.05, 3.63) is 55.0 Å². The van der Waals surface area contributed by atoms with E-state index in [0.29, 0.717) is 5.56 Å². The Balaban J connectivity index is 2.52. The highest BCUT2D eigenvalue weighted by atomic mass is 79.9. The number of aryl methyl sites for hydroxylation is 1. The van der Waals surface area contributed by atoms with Gasteiger partial charge in [-0.1, -0.05) is 12.1 Å². The number of benzene rings is 1. The van der Waals surface area contributed by atoms with Gasteiger partial charge in [0.05, 0.1) is 11.3 Å². The van der Waals surface area contributed by atoms with Gasteiger partial charge >= 0.3 is 5.69 Å². The molecule has 1 aromatic carbocycles. The monoisotopic (exact) mass is 325 g/mol. The maximum atomic E-state index is 11.4. The van der Waals surface area contributed by atoms with Gasteiger partial charge in [-0.15, -0.1) is 0 Å². The average Bonchev–Trinajstić information content (AvgIpc) is 2.36. The summed E-state index contributed by atoms with van der Waals surface area (Å²) in [5.41, 5.74) is -0.0431. The van der Waals surface area contributed by atoms with Crippen LogP contribution in [0, 0.1) is 17.0 Å². The van der Waals surface area contributed by atoms with Gasteiger partial charge in [0.1, 0.15) is 4.47 Å². The van der Waals surface area contributed by atoms with Crippen molar-refractivity contribution in [2.45, 2.75) is 6.92 Å². The summed E-state index contributed by atoms with van der Waals surface area (Å²) in [5.74, 6) is 0.0347. The van der Waals surface area contributed by atoms with Crippen molar-refractivity contribution in [3.63, 3.8) is 0 Å². The van der Waals surface area contributed by atoms with Crippen molar-refractivity contribution in [1.29, 1.82) is 0 Å². The van der Waals surface area contributed by atoms with E-state index in [2.05, 4.69) is 25.9 Å². The summed E-state index contributed by atoms with van der Waals surface area (Å²) < 4.78 is 5.47. The fourth-order valence-electron chi connectivity index (χ4n) is 1.45. The summed E-state index contributed by atoms with van der Waals surface area (Å²) in [4.78, 5) is 27.9. The topological polar surface area (TPSA) is 98.1 Å². The largest absolute Gasteiger partial charge is 0.430 e. The van der Waals surface area contributed by atoms with Crippen molar-refractivity contribution < 1.29 is 9.66 Å². The minimum atomic E-state index is -0.552. The van der Waals surface area contributed by atoms with E-state index in [-0.39, 0.29) is 21.8 Å². The standard InChI is InChI=1S/C11H8BrN3O4/c1-6-3-2-4-7(15(17)18)9(6)19-11-8(12)10(16)13-5-14-11/h2-5H,1H3,(H,13,14,16). The second kappa shape index (κ2) is 5.19. The van der Waals surface area contributed by atoms with E-state index in [1.54, 1.807) is 19.1 Å². The zero-order valence-corrected chi connectivity index (χ0v) is 11.3. The van der Waals surface area contributed by atoms with E-state index >= 15 is 0 Å². The van der Waals surface area contributed by atoms with Gasteiger partial charge in [0.15, 0.2) is 0 Å². The summed E-state index contributed by atoms with van der Waals surface area (Å²) in [5, 5.41) is 10.9. The molecule has 8 heteroatoms. The Kier molecular flexibility index (Phi) is 3.61. The first kappa shape index (κ1) is 13.2. The summed E-state index contributed by atoms with van der Waals surface area (Å²) in [6.07, 6.45) is 1.16. The first-order valence-electron chi connectivity index (χ1n) is 5.15. The number of nitrogens with zero attached hydrogens (tertiary/aromatic N) is 2. The normalized spacial score (nSPS) is 10.2. The summed E-state index contributed by atoms with van der Waals surface area (Å²) >= 11 is 3.02. The molecule has 0 fully saturated rings. The van der Waals surface area contributed by atoms with Gasteiger partial charge in [-0.3, -0.25) is 14.9 Å². The molecule has 0 saturated heterocycles. The molecule has 0 atom stereocenters. The Morgan fingerprint density at radius 1 is 1.47 bits per heavy atom. The van der Waals surface area contributed by atoms with Gasteiger partial charge in [-0.25, -0.2) is 4.98 Å². The quantitative estimate of drug-likeness (QED) is 0.690. The lowest BCUT2D eigenvalue weighted by Crippen LogP contribution is -2.08. The highest BCUT2D eigenvalue weighted by Crippen LogP contribution is 2.34. The van der Waals surface area contributed by atoms with E-state index in [9.17, 15) is 14.9 Å². The fourth-order valence-corrected chi connectivity index (χ4v) is 1.75. The fraction of sp³-hybridized carbons (Fsp3) is 0.0909. The molecule has 19 heavy (non-hydrogen) atoms. The first-order valence-corrected chi connectivity index (χ1v) is 5.95. The van der Waals surface area contributed by atoms with Crippen LogP contribution in [0.1, 0.15) is 5.56 Å². The van der Waals surface area contributed by atoms with Gasteiger partial charge in [-0.05, 0) is 28.4 Å². The third-order valence-electron chi connectivity index (χ3n) is 2.35. The van der Waals surface area contributed by atoms with Crippen LogP contribution in [0.25, 0.3) is 0 Å². The number of hydrogen-bond acceptors (Lipinski definition) is 5. The van der Waals surface area contributed by atoms with Gasteiger partial charge in [0.2, 0.25) is 11.6 Å². The van der Waals surface area contributed by atoms with Gasteiger partial charge in [-0.2, -0.15) is 0 Å². The predicted octanol–water partition coefficient (Wildman–Crippen LogP) is 2.54. The van der Waals surface area contributed by atoms with Crippen LogP contribution in [0.3, 0.4) is 0 Å². The van der Waals surface area contributed by atoms with E-state index in [1.165, 1.54) is 6.07 Å². The molecule has 0 aliphatic heterocycles. The van der Waals surface area contributed by atoms with Gasteiger partial charge < -0.3 is 9.72 Å². The number of para-hydroxylation sites is 1. The predicted molar refractivity (Wildman–Crippen MR) is 70.5 cm³/mol. The summed E-state index contributed by atoms with van der Waals surface area (Å²) in [7, 11) is 0. The Bertz CT molecular complexity index is 699. The number of nitro benzene ring substituents is 1. The number of nitrogens with one attached hydrogen (secondary N) is 1. The lowest BCUT2D eigenvalue weighted by atomic mass is 10.2. The molecule has 0 unspecified atom stereocenters. The smallest absolute Gasteiger partial charge is 0.311 e. The molecule has 2 rings (SSSR count). The Morgan fingerprint density at radius 2 is 2.21 bits per heavy atom. The molecule has 0 amide bonds. The number of rotatable bonds is 3. The third kappa shape index (κ3) is 2.63. The van der Waals surface area contributed by atoms with Crippen LogP contribution >= 0.6 is 15.9 Å². The van der Waals surface area contributed by atoms with Crippen LogP contribution < -0.4 is 10.3 Å². The molecule has 98 valence electrons. The van der Waals surface area contributed by atoms with Crippen molar-refractivity contribution in [1.82, 2.24) is 9.97 Å². The second-order valence-corrected chi connectivity index (χ2v) is 4.43. The number of hydrogen-bond donors (Lipinski definition) is 1. The molecule has 0 bridgehead atoms. The maximum Gasteiger partial charge on any atom is 0.311 e. The average molecular weight is 326 g/mol. The Hall–Kier alpha value is -2.22. The van der Waals surface area contributed by atoms with Crippen LogP contribution in [-0.2, 0) is 0 Å². The SMILES string of the molecule is Cc1cccc([N+](=O)[O-])c1Oc1nc[nH]c(=O)c1Br. The summed E-state index contributed by atoms with van der Waals surface area (Å²) in [6, 6.07) is 4.55. The van der Waals surface area contributed by atoms with Crippen LogP contribution in [0.5, 0.6) is 11.6 Å². The minimum absolute atomic E-state index is 0.0267. The van der Waals surface area contributed by atoms with Crippen molar-refractivity contribution in [2.75, 3.05) is 0 Å². The van der Waals surface area contributed by atoms with E-state index < -0.39 is 10.5 Å². The van der Waals surface area contributed by atoms with E-state index in [1.807, 2.05) is 0 Å². The Labute approximate surface area is 115 Å². The molecular formula is C11H8BrN3O4. The molecule has 0 spiro atoms. The highest BCUT2D eigenvalue weighted by molar-refractivity contribution is 9.10. The lowest BCUT2D eigenvalue weighted by Gasteiger charge is -2.08. The molecule has 0 aliphatic rings. The van der Waals surface area contributed by atoms with Crippen LogP contribution in [0.4, 0.5) is 5.69 Å². The number of H-pyrrole nitrogens is 1. The first-order chi connectivity index (χ1) is 9.00. The third-order valence-corrected chi connectivity index (χ3v) is 3.05. The number of nitro groups is 1. The number of ether oxygens (including phenoxy) is 1. The Morgan fingerprint density at radius 3 is 2.89 bits per heavy atom. The maximum absolute atomic E-state index is 11.4. The van der Waals surface area contributed by atoms with Gasteiger partial charge in [0.25, 0.3) is 5.56 Å². The molecule has 0 radical (unpaired) electrons. The van der Waals surface area contributed by atoms with Crippen molar-refractivity contribution in [2.24, 2.45) is 0 Å². The van der Waals surface area contributed by atoms with Gasteiger partial charge in [0, 0.05) is 6.07 Å². The zero-order chi connectivity index (χ0) is 14.0. The van der Waals surface area contributed by atoms with Crippen LogP contribution in [0.2, 0.25) is 0 Å². The molecule has 0 saturated carbocycles. The molecule has 2 aromatic rings.